The molecule has 0 spiro atoms. The third-order valence-electron chi connectivity index (χ3n) is 5.00. The van der Waals surface area contributed by atoms with Crippen molar-refractivity contribution in [2.24, 2.45) is 4.99 Å². The fraction of sp³-hybridized carbons (Fsp3) is 0.0833. The smallest absolute Gasteiger partial charge is 0.416 e. The molecule has 1 aliphatic rings. The number of hydrogen-bond donors (Lipinski definition) is 1. The van der Waals surface area contributed by atoms with E-state index >= 15 is 0 Å². The lowest BCUT2D eigenvalue weighted by atomic mass is 10.1. The van der Waals surface area contributed by atoms with Gasteiger partial charge >= 0.3 is 11.9 Å². The third-order valence-corrected chi connectivity index (χ3v) is 6.32. The summed E-state index contributed by atoms with van der Waals surface area (Å²) in [5.41, 5.74) is 0.0800. The van der Waals surface area contributed by atoms with Crippen molar-refractivity contribution >= 4 is 51.9 Å². The number of nitrogens with one attached hydrogen (secondary N) is 1. The first kappa shape index (κ1) is 25.3. The maximum Gasteiger partial charge on any atom is 0.416 e. The average Bonchev–Trinajstić information content (AvgIpc) is 3.16. The zero-order chi connectivity index (χ0) is 26.0. The van der Waals surface area contributed by atoms with Crippen LogP contribution in [0.5, 0.6) is 11.5 Å². The average molecular weight is 534 g/mol. The molecule has 1 aliphatic heterocycles. The molecule has 3 aromatic rings. The van der Waals surface area contributed by atoms with Crippen LogP contribution in [0.15, 0.2) is 70.6 Å². The zero-order valence-corrected chi connectivity index (χ0v) is 19.9. The Labute approximate surface area is 211 Å². The summed E-state index contributed by atoms with van der Waals surface area (Å²) in [5.74, 6) is -0.497. The van der Waals surface area contributed by atoms with Gasteiger partial charge in [0.2, 0.25) is 5.75 Å². The molecule has 0 aliphatic carbocycles. The van der Waals surface area contributed by atoms with Gasteiger partial charge in [-0.25, -0.2) is 4.99 Å². The van der Waals surface area contributed by atoms with Crippen molar-refractivity contribution in [3.05, 3.63) is 97.4 Å². The molecule has 1 N–H and O–H groups in total. The number of hydrogen-bond acceptors (Lipinski definition) is 6. The number of amides is 1. The summed E-state index contributed by atoms with van der Waals surface area (Å²) in [6.45, 7) is 1.82. The van der Waals surface area contributed by atoms with Gasteiger partial charge in [0, 0.05) is 11.1 Å². The second-order valence-electron chi connectivity index (χ2n) is 7.47. The Bertz CT molecular complexity index is 1420. The Morgan fingerprint density at radius 1 is 1.14 bits per heavy atom. The second-order valence-corrected chi connectivity index (χ2v) is 8.91. The number of benzene rings is 3. The second kappa shape index (κ2) is 10.0. The molecule has 0 atom stereocenters. The van der Waals surface area contributed by atoms with Crippen LogP contribution in [0, 0.1) is 17.0 Å². The van der Waals surface area contributed by atoms with Crippen LogP contribution in [0.4, 0.5) is 24.5 Å². The van der Waals surface area contributed by atoms with Crippen LogP contribution >= 0.6 is 23.4 Å². The molecule has 12 heteroatoms. The van der Waals surface area contributed by atoms with Crippen LogP contribution in [0.3, 0.4) is 0 Å². The number of nitrogens with zero attached hydrogens (tertiary/aromatic N) is 2. The number of aliphatic imine (C=N–C) groups is 1. The van der Waals surface area contributed by atoms with E-state index in [9.17, 15) is 28.1 Å². The highest BCUT2D eigenvalue weighted by molar-refractivity contribution is 8.18. The fourth-order valence-electron chi connectivity index (χ4n) is 3.14. The van der Waals surface area contributed by atoms with Gasteiger partial charge in [0.15, 0.2) is 5.17 Å². The Balaban J connectivity index is 1.51. The summed E-state index contributed by atoms with van der Waals surface area (Å²) >= 11 is 7.26. The predicted octanol–water partition coefficient (Wildman–Crippen LogP) is 7.26. The van der Waals surface area contributed by atoms with Gasteiger partial charge in [-0.15, -0.1) is 0 Å². The number of rotatable bonds is 5. The van der Waals surface area contributed by atoms with E-state index in [4.69, 9.17) is 16.3 Å². The fourth-order valence-corrected chi connectivity index (χ4v) is 4.14. The number of ether oxygens (including phenoxy) is 1. The quantitative estimate of drug-likeness (QED) is 0.212. The van der Waals surface area contributed by atoms with Gasteiger partial charge in [0.25, 0.3) is 5.91 Å². The minimum atomic E-state index is -4.72. The lowest BCUT2D eigenvalue weighted by Gasteiger charge is -2.10. The number of amidine groups is 1. The first-order chi connectivity index (χ1) is 17.0. The van der Waals surface area contributed by atoms with Gasteiger partial charge in [0.05, 0.1) is 21.1 Å². The van der Waals surface area contributed by atoms with Crippen LogP contribution in [-0.2, 0) is 11.0 Å². The number of carbonyl (C=O) groups is 1. The van der Waals surface area contributed by atoms with E-state index < -0.39 is 22.4 Å². The van der Waals surface area contributed by atoms with Crippen molar-refractivity contribution < 1.29 is 27.6 Å². The number of alkyl halides is 3. The first-order valence-corrected chi connectivity index (χ1v) is 11.4. The normalized spacial score (nSPS) is 15.9. The number of thioether (sulfide) groups is 1. The van der Waals surface area contributed by atoms with E-state index in [1.165, 1.54) is 12.1 Å². The van der Waals surface area contributed by atoms with Crippen LogP contribution in [0.1, 0.15) is 16.7 Å². The Morgan fingerprint density at radius 2 is 1.86 bits per heavy atom. The molecule has 1 fully saturated rings. The molecule has 1 amide bonds. The first-order valence-electron chi connectivity index (χ1n) is 10.2. The number of halogens is 4. The molecule has 1 saturated heterocycles. The SMILES string of the molecule is Cc1c(Cl)cccc1N=C1NC(=O)/C(=C\c2ccc(Oc3ccc(C(F)(F)F)cc3[N+](=O)[O-])cc2)S1. The highest BCUT2D eigenvalue weighted by Gasteiger charge is 2.33. The summed E-state index contributed by atoms with van der Waals surface area (Å²) in [7, 11) is 0. The predicted molar refractivity (Wildman–Crippen MR) is 132 cm³/mol. The van der Waals surface area contributed by atoms with Gasteiger partial charge in [-0.3, -0.25) is 14.9 Å². The van der Waals surface area contributed by atoms with Crippen molar-refractivity contribution in [1.82, 2.24) is 5.32 Å². The Hall–Kier alpha value is -3.83. The molecule has 36 heavy (non-hydrogen) atoms. The van der Waals surface area contributed by atoms with Gasteiger partial charge in [-0.05, 0) is 72.3 Å². The minimum absolute atomic E-state index is 0.169. The highest BCUT2D eigenvalue weighted by atomic mass is 35.5. The Kier molecular flexibility index (Phi) is 7.04. The van der Waals surface area contributed by atoms with Crippen molar-refractivity contribution in [1.29, 1.82) is 0 Å². The molecule has 0 unspecified atom stereocenters. The molecule has 0 bridgehead atoms. The van der Waals surface area contributed by atoms with Gasteiger partial charge < -0.3 is 10.1 Å². The molecule has 7 nitrogen and oxygen atoms in total. The maximum absolute atomic E-state index is 12.9. The van der Waals surface area contributed by atoms with Crippen LogP contribution in [-0.4, -0.2) is 16.0 Å². The van der Waals surface area contributed by atoms with E-state index in [1.807, 2.05) is 6.92 Å². The topological polar surface area (TPSA) is 93.8 Å². The van der Waals surface area contributed by atoms with Crippen molar-refractivity contribution in [2.75, 3.05) is 0 Å². The largest absolute Gasteiger partial charge is 0.450 e. The number of nitro benzene ring substituents is 1. The van der Waals surface area contributed by atoms with E-state index in [0.717, 1.165) is 23.4 Å². The lowest BCUT2D eigenvalue weighted by molar-refractivity contribution is -0.385. The minimum Gasteiger partial charge on any atom is -0.450 e. The van der Waals surface area contributed by atoms with Gasteiger partial charge in [0.1, 0.15) is 5.75 Å². The van der Waals surface area contributed by atoms with Crippen molar-refractivity contribution in [2.45, 2.75) is 13.1 Å². The van der Waals surface area contributed by atoms with E-state index in [2.05, 4.69) is 10.3 Å². The molecular formula is C24H15ClF3N3O4S. The summed E-state index contributed by atoms with van der Waals surface area (Å²) < 4.78 is 44.1. The number of nitro groups is 1. The third kappa shape index (κ3) is 5.69. The van der Waals surface area contributed by atoms with E-state index in [-0.39, 0.29) is 17.4 Å². The molecule has 0 aromatic heterocycles. The molecule has 0 radical (unpaired) electrons. The van der Waals surface area contributed by atoms with Crippen LogP contribution in [0.25, 0.3) is 6.08 Å². The molecule has 1 heterocycles. The standard InChI is InChI=1S/C24H15ClF3N3O4S/c1-13-17(25)3-2-4-18(13)29-23-30-22(32)21(36-23)11-14-5-8-16(9-6-14)35-20-10-7-15(24(26,27)28)12-19(20)31(33)34/h2-12H,1H3,(H,29,30,32)/b21-11+. The summed E-state index contributed by atoms with van der Waals surface area (Å²) in [4.78, 5) is 27.5. The van der Waals surface area contributed by atoms with Crippen molar-refractivity contribution in [3.8, 4) is 11.5 Å². The summed E-state index contributed by atoms with van der Waals surface area (Å²) in [6.07, 6.45) is -3.10. The van der Waals surface area contributed by atoms with Gasteiger partial charge in [-0.2, -0.15) is 13.2 Å². The molecule has 0 saturated carbocycles. The summed E-state index contributed by atoms with van der Waals surface area (Å²) in [5, 5.41) is 14.9. The summed E-state index contributed by atoms with van der Waals surface area (Å²) in [6, 6.07) is 13.5. The number of carbonyl (C=O) groups excluding carboxylic acids is 1. The lowest BCUT2D eigenvalue weighted by Crippen LogP contribution is -2.19. The molecule has 4 rings (SSSR count). The molecular weight excluding hydrogens is 519 g/mol. The highest BCUT2D eigenvalue weighted by Crippen LogP contribution is 2.38. The van der Waals surface area contributed by atoms with Gasteiger partial charge in [-0.1, -0.05) is 29.8 Å². The Morgan fingerprint density at radius 3 is 2.53 bits per heavy atom. The van der Waals surface area contributed by atoms with Crippen LogP contribution < -0.4 is 10.1 Å². The maximum atomic E-state index is 12.9. The molecule has 184 valence electrons. The zero-order valence-electron chi connectivity index (χ0n) is 18.3. The van der Waals surface area contributed by atoms with E-state index in [1.54, 1.807) is 36.4 Å². The van der Waals surface area contributed by atoms with Crippen LogP contribution in [0.2, 0.25) is 5.02 Å². The monoisotopic (exact) mass is 533 g/mol. The van der Waals surface area contributed by atoms with Crippen molar-refractivity contribution in [3.63, 3.8) is 0 Å². The van der Waals surface area contributed by atoms with E-state index in [0.29, 0.717) is 38.5 Å². The molecule has 3 aromatic carbocycles.